The number of hydrogen-bond acceptors (Lipinski definition) is 5. The lowest BCUT2D eigenvalue weighted by molar-refractivity contribution is 1.25. The van der Waals surface area contributed by atoms with Gasteiger partial charge in [0.2, 0.25) is 0 Å². The van der Waals surface area contributed by atoms with Crippen LogP contribution in [0.1, 0.15) is 0 Å². The van der Waals surface area contributed by atoms with Gasteiger partial charge in [0, 0.05) is 83.6 Å². The number of thiophene rings is 2. The first kappa shape index (κ1) is 33.0. The van der Waals surface area contributed by atoms with Crippen LogP contribution in [0.5, 0.6) is 0 Å². The minimum atomic E-state index is 0.715. The first-order chi connectivity index (χ1) is 26.7. The molecule has 0 saturated carbocycles. The lowest BCUT2D eigenvalue weighted by Gasteiger charge is -2.30. The number of hydrogen-bond donors (Lipinski definition) is 0. The summed E-state index contributed by atoms with van der Waals surface area (Å²) in [5, 5.41) is 5.74. The van der Waals surface area contributed by atoms with Crippen LogP contribution < -0.4 is 9.80 Å². The highest BCUT2D eigenvalue weighted by Crippen LogP contribution is 2.49. The maximum atomic E-state index is 6.93. The highest BCUT2D eigenvalue weighted by Gasteiger charge is 2.22. The van der Waals surface area contributed by atoms with Gasteiger partial charge in [-0.05, 0) is 91.0 Å². The third-order valence-electron chi connectivity index (χ3n) is 9.69. The lowest BCUT2D eigenvalue weighted by Crippen LogP contribution is -2.13. The van der Waals surface area contributed by atoms with Gasteiger partial charge in [0.15, 0.2) is 0 Å². The molecular weight excluding hydrogens is 736 g/mol. The van der Waals surface area contributed by atoms with E-state index in [0.717, 1.165) is 34.1 Å². The van der Waals surface area contributed by atoms with Crippen molar-refractivity contribution in [3.8, 4) is 0 Å². The average molecular weight is 767 g/mol. The zero-order valence-electron chi connectivity index (χ0n) is 28.9. The molecule has 0 aliphatic rings. The average Bonchev–Trinajstić information content (AvgIpc) is 3.78. The van der Waals surface area contributed by atoms with E-state index in [2.05, 4.69) is 198 Å². The number of para-hydroxylation sites is 2. The molecule has 0 amide bonds. The van der Waals surface area contributed by atoms with Gasteiger partial charge in [-0.2, -0.15) is 0 Å². The van der Waals surface area contributed by atoms with Gasteiger partial charge in [0.25, 0.3) is 0 Å². The van der Waals surface area contributed by atoms with Crippen LogP contribution >= 0.6 is 46.0 Å². The monoisotopic (exact) mass is 766 g/mol. The Balaban J connectivity index is 1.19. The summed E-state index contributed by atoms with van der Waals surface area (Å²) in [5.41, 5.74) is 6.41. The fourth-order valence-corrected chi connectivity index (χ4v) is 11.1. The largest absolute Gasteiger partial charge is 0.310 e. The fraction of sp³-hybridized carbons (Fsp3) is 0. The van der Waals surface area contributed by atoms with Gasteiger partial charge >= 0.3 is 0 Å². The van der Waals surface area contributed by atoms with Gasteiger partial charge in [0.05, 0.1) is 5.69 Å². The van der Waals surface area contributed by atoms with Gasteiger partial charge < -0.3 is 9.80 Å². The molecule has 0 N–H and O–H groups in total. The molecule has 0 saturated heterocycles. The number of anilines is 6. The molecule has 54 heavy (non-hydrogen) atoms. The summed E-state index contributed by atoms with van der Waals surface area (Å²) < 4.78 is 4.97. The molecule has 10 aromatic rings. The van der Waals surface area contributed by atoms with Crippen LogP contribution in [-0.4, -0.2) is 0 Å². The topological polar surface area (TPSA) is 6.48 Å². The fourth-order valence-electron chi connectivity index (χ4n) is 7.40. The minimum absolute atomic E-state index is 0.715. The summed E-state index contributed by atoms with van der Waals surface area (Å²) >= 11 is 12.4. The molecule has 6 heteroatoms. The van der Waals surface area contributed by atoms with Crippen LogP contribution in [0.3, 0.4) is 0 Å². The van der Waals surface area contributed by atoms with E-state index >= 15 is 0 Å². The van der Waals surface area contributed by atoms with Gasteiger partial charge in [-0.1, -0.05) is 120 Å². The van der Waals surface area contributed by atoms with Crippen molar-refractivity contribution in [3.63, 3.8) is 0 Å². The Morgan fingerprint density at radius 3 is 1.57 bits per heavy atom. The maximum absolute atomic E-state index is 6.93. The van der Waals surface area contributed by atoms with Crippen LogP contribution in [0.4, 0.5) is 34.1 Å². The van der Waals surface area contributed by atoms with E-state index in [-0.39, 0.29) is 0 Å². The van der Waals surface area contributed by atoms with E-state index in [9.17, 15) is 0 Å². The second-order valence-corrected chi connectivity index (χ2v) is 16.8. The molecule has 0 atom stereocenters. The Bertz CT molecular complexity index is 2940. The molecule has 2 nitrogen and oxygen atoms in total. The van der Waals surface area contributed by atoms with Gasteiger partial charge in [-0.25, -0.2) is 0 Å². The molecular formula is C48H31ClN2S3. The Morgan fingerprint density at radius 2 is 0.907 bits per heavy atom. The van der Waals surface area contributed by atoms with Gasteiger partial charge in [-0.3, -0.25) is 0 Å². The number of fused-ring (bicyclic) bond motifs is 6. The summed E-state index contributed by atoms with van der Waals surface area (Å²) in [6.45, 7) is 0. The van der Waals surface area contributed by atoms with Crippen molar-refractivity contribution in [3.05, 3.63) is 193 Å². The molecule has 8 aromatic carbocycles. The van der Waals surface area contributed by atoms with E-state index in [4.69, 9.17) is 11.6 Å². The molecule has 0 bridgehead atoms. The van der Waals surface area contributed by atoms with Crippen molar-refractivity contribution in [1.82, 2.24) is 0 Å². The maximum Gasteiger partial charge on any atom is 0.0569 e. The molecule has 2 aromatic heterocycles. The summed E-state index contributed by atoms with van der Waals surface area (Å²) in [4.78, 5) is 7.19. The van der Waals surface area contributed by atoms with Crippen molar-refractivity contribution in [2.45, 2.75) is 9.79 Å². The molecule has 0 unspecified atom stereocenters. The first-order valence-electron chi connectivity index (χ1n) is 17.8. The van der Waals surface area contributed by atoms with Crippen LogP contribution in [0.2, 0.25) is 5.02 Å². The predicted molar refractivity (Wildman–Crippen MR) is 237 cm³/mol. The Morgan fingerprint density at radius 1 is 0.389 bits per heavy atom. The smallest absolute Gasteiger partial charge is 0.0569 e. The standard InChI is InChI=1S/C48H31ClN2S3/c49-32-27-41(47-39-23-10-12-25-42(39)53-44(47)28-32)51(34-17-6-2-7-18-34)36-20-14-19-35(29-36)50(33-15-4-1-5-16-33)37-30-45(52-38-21-8-3-9-22-38)48-40-24-11-13-26-43(40)54-46(48)31-37/h1-31H. The van der Waals surface area contributed by atoms with E-state index in [1.807, 2.05) is 23.1 Å². The van der Waals surface area contributed by atoms with Crippen molar-refractivity contribution in [2.24, 2.45) is 0 Å². The van der Waals surface area contributed by atoms with E-state index < -0.39 is 0 Å². The zero-order valence-corrected chi connectivity index (χ0v) is 32.1. The molecule has 10 rings (SSSR count). The highest BCUT2D eigenvalue weighted by atomic mass is 35.5. The first-order valence-corrected chi connectivity index (χ1v) is 20.6. The summed E-state index contributed by atoms with van der Waals surface area (Å²) in [6.07, 6.45) is 0. The predicted octanol–water partition coefficient (Wildman–Crippen LogP) is 16.2. The van der Waals surface area contributed by atoms with Crippen LogP contribution in [0.25, 0.3) is 40.3 Å². The minimum Gasteiger partial charge on any atom is -0.310 e. The van der Waals surface area contributed by atoms with E-state index in [1.165, 1.54) is 50.1 Å². The van der Waals surface area contributed by atoms with Crippen LogP contribution in [0, 0.1) is 0 Å². The second-order valence-electron chi connectivity index (χ2n) is 13.1. The van der Waals surface area contributed by atoms with Crippen molar-refractivity contribution < 1.29 is 0 Å². The Labute approximate surface area is 331 Å². The number of rotatable bonds is 8. The van der Waals surface area contributed by atoms with Gasteiger partial charge in [0.1, 0.15) is 0 Å². The van der Waals surface area contributed by atoms with Crippen LogP contribution in [0.15, 0.2) is 198 Å². The van der Waals surface area contributed by atoms with Crippen LogP contribution in [-0.2, 0) is 0 Å². The number of nitrogens with zero attached hydrogens (tertiary/aromatic N) is 2. The third-order valence-corrected chi connectivity index (χ3v) is 13.2. The van der Waals surface area contributed by atoms with Gasteiger partial charge in [-0.15, -0.1) is 22.7 Å². The summed E-state index contributed by atoms with van der Waals surface area (Å²) in [5.74, 6) is 0. The molecule has 0 spiro atoms. The lowest BCUT2D eigenvalue weighted by atomic mass is 10.1. The normalized spacial score (nSPS) is 11.5. The molecule has 0 aliphatic heterocycles. The number of halogens is 1. The van der Waals surface area contributed by atoms with Crippen molar-refractivity contribution >= 4 is 121 Å². The Hall–Kier alpha value is -5.56. The summed E-state index contributed by atoms with van der Waals surface area (Å²) in [7, 11) is 0. The molecule has 0 aliphatic carbocycles. The SMILES string of the molecule is Clc1cc(N(c2ccccc2)c2cccc(N(c3ccccc3)c3cc(Sc4ccccc4)c4c(c3)sc3ccccc34)c2)c2c(c1)sc1ccccc12. The molecule has 258 valence electrons. The van der Waals surface area contributed by atoms with Crippen molar-refractivity contribution in [1.29, 1.82) is 0 Å². The third kappa shape index (κ3) is 6.00. The zero-order chi connectivity index (χ0) is 36.0. The second kappa shape index (κ2) is 14.0. The molecule has 0 fully saturated rings. The highest BCUT2D eigenvalue weighted by molar-refractivity contribution is 7.99. The number of benzene rings is 8. The van der Waals surface area contributed by atoms with E-state index in [0.29, 0.717) is 5.02 Å². The Kier molecular flexibility index (Phi) is 8.58. The van der Waals surface area contributed by atoms with Crippen molar-refractivity contribution in [2.75, 3.05) is 9.80 Å². The molecule has 2 heterocycles. The summed E-state index contributed by atoms with van der Waals surface area (Å²) in [6, 6.07) is 67.2. The quantitative estimate of drug-likeness (QED) is 0.152. The molecule has 0 radical (unpaired) electrons. The van der Waals surface area contributed by atoms with E-state index in [1.54, 1.807) is 11.3 Å².